The maximum Gasteiger partial charge on any atom is 0.236 e. The Bertz CT molecular complexity index is 2570. The smallest absolute Gasteiger partial charge is 0.236 e. The van der Waals surface area contributed by atoms with Crippen LogP contribution in [-0.2, 0) is 38.1 Å². The fourth-order valence-corrected chi connectivity index (χ4v) is 5.76. The van der Waals surface area contributed by atoms with E-state index < -0.39 is 23.3 Å². The standard InChI is InChI=1S/2C19H19F2N7O/c2*1-19(2,3)13-8-15-24-25-17(12-7-11(20)5-6-14(12)21)28(15)26-18(13)29-9-16-22-10-23-27(16)4/h2*5-8,10H,9H2,1-4H3. The van der Waals surface area contributed by atoms with Crippen LogP contribution in [0.3, 0.4) is 0 Å². The van der Waals surface area contributed by atoms with Gasteiger partial charge in [0.2, 0.25) is 11.8 Å². The highest BCUT2D eigenvalue weighted by Gasteiger charge is 2.26. The molecular weight excluding hydrogens is 761 g/mol. The second-order valence-electron chi connectivity index (χ2n) is 15.2. The number of ether oxygens (including phenoxy) is 2. The number of halogens is 4. The first-order valence-corrected chi connectivity index (χ1v) is 17.8. The van der Waals surface area contributed by atoms with Gasteiger partial charge in [-0.3, -0.25) is 9.36 Å². The van der Waals surface area contributed by atoms with E-state index in [1.807, 2.05) is 41.5 Å². The SMILES string of the molecule is Cn1ncnc1COc1nn2c(-c3cc(F)ccc3F)nnc2cc1C(C)(C)C.Cn1ncnc1COc1nn2c(-c3cc(F)ccc3F)nnc2cc1C(C)(C)C. The molecule has 0 radical (unpaired) electrons. The van der Waals surface area contributed by atoms with Crippen LogP contribution in [0.1, 0.15) is 64.3 Å². The molecule has 0 saturated carbocycles. The minimum absolute atomic E-state index is 0.0345. The molecule has 0 aliphatic heterocycles. The van der Waals surface area contributed by atoms with Crippen molar-refractivity contribution in [1.29, 1.82) is 0 Å². The molecule has 0 aliphatic carbocycles. The number of rotatable bonds is 8. The van der Waals surface area contributed by atoms with Gasteiger partial charge >= 0.3 is 0 Å². The van der Waals surface area contributed by atoms with Crippen LogP contribution in [0.5, 0.6) is 11.8 Å². The molecule has 0 fully saturated rings. The minimum atomic E-state index is -0.621. The summed E-state index contributed by atoms with van der Waals surface area (Å²) in [4.78, 5) is 8.28. The van der Waals surface area contributed by atoms with Crippen molar-refractivity contribution < 1.29 is 27.0 Å². The van der Waals surface area contributed by atoms with Gasteiger partial charge in [-0.15, -0.1) is 30.6 Å². The zero-order chi connectivity index (χ0) is 41.5. The van der Waals surface area contributed by atoms with E-state index in [-0.39, 0.29) is 46.8 Å². The predicted octanol–water partition coefficient (Wildman–Crippen LogP) is 6.15. The van der Waals surface area contributed by atoms with E-state index in [9.17, 15) is 17.6 Å². The molecule has 8 rings (SSSR count). The normalized spacial score (nSPS) is 11.9. The molecule has 0 unspecified atom stereocenters. The van der Waals surface area contributed by atoms with E-state index in [2.05, 4.69) is 50.8 Å². The first kappa shape index (κ1) is 39.4. The molecule has 2 aromatic carbocycles. The molecule has 0 aliphatic rings. The van der Waals surface area contributed by atoms with E-state index >= 15 is 0 Å². The minimum Gasteiger partial charge on any atom is -0.468 e. The summed E-state index contributed by atoms with van der Waals surface area (Å²) in [7, 11) is 3.52. The van der Waals surface area contributed by atoms with Gasteiger partial charge in [-0.25, -0.2) is 27.5 Å². The summed E-state index contributed by atoms with van der Waals surface area (Å²) in [5.41, 5.74) is 1.72. The Morgan fingerprint density at radius 1 is 0.552 bits per heavy atom. The van der Waals surface area contributed by atoms with Crippen molar-refractivity contribution in [2.75, 3.05) is 0 Å². The van der Waals surface area contributed by atoms with Gasteiger partial charge < -0.3 is 9.47 Å². The van der Waals surface area contributed by atoms with Crippen LogP contribution in [-0.4, -0.2) is 69.2 Å². The topological polar surface area (TPSA) is 166 Å². The van der Waals surface area contributed by atoms with Crippen LogP contribution in [0.25, 0.3) is 34.1 Å². The van der Waals surface area contributed by atoms with E-state index in [1.165, 1.54) is 21.7 Å². The first-order valence-electron chi connectivity index (χ1n) is 17.8. The summed E-state index contributed by atoms with van der Waals surface area (Å²) in [6.45, 7) is 12.4. The van der Waals surface area contributed by atoms with Crippen LogP contribution >= 0.6 is 0 Å². The van der Waals surface area contributed by atoms with Gasteiger partial charge in [0.15, 0.2) is 34.6 Å². The summed E-state index contributed by atoms with van der Waals surface area (Å²) < 4.78 is 73.7. The third-order valence-electron chi connectivity index (χ3n) is 8.96. The van der Waals surface area contributed by atoms with Crippen molar-refractivity contribution in [3.8, 4) is 34.5 Å². The van der Waals surface area contributed by atoms with Gasteiger partial charge in [-0.1, -0.05) is 41.5 Å². The number of aromatic nitrogens is 14. The summed E-state index contributed by atoms with van der Waals surface area (Å²) >= 11 is 0. The Morgan fingerprint density at radius 2 is 0.948 bits per heavy atom. The van der Waals surface area contributed by atoms with Crippen molar-refractivity contribution in [1.82, 2.24) is 69.2 Å². The summed E-state index contributed by atoms with van der Waals surface area (Å²) in [5.74, 6) is -0.350. The van der Waals surface area contributed by atoms with E-state index in [4.69, 9.17) is 9.47 Å². The van der Waals surface area contributed by atoms with Crippen molar-refractivity contribution in [3.63, 3.8) is 0 Å². The monoisotopic (exact) mass is 798 g/mol. The molecule has 0 amide bonds. The Kier molecular flexibility index (Phi) is 10.3. The van der Waals surface area contributed by atoms with Crippen LogP contribution < -0.4 is 9.47 Å². The predicted molar refractivity (Wildman–Crippen MR) is 200 cm³/mol. The largest absolute Gasteiger partial charge is 0.468 e. The Balaban J connectivity index is 0.000000177. The molecule has 58 heavy (non-hydrogen) atoms. The van der Waals surface area contributed by atoms with Crippen LogP contribution in [0.4, 0.5) is 17.6 Å². The third kappa shape index (κ3) is 8.02. The third-order valence-corrected chi connectivity index (χ3v) is 8.96. The second-order valence-corrected chi connectivity index (χ2v) is 15.2. The molecule has 20 heteroatoms. The van der Waals surface area contributed by atoms with E-state index in [1.54, 1.807) is 35.6 Å². The highest BCUT2D eigenvalue weighted by molar-refractivity contribution is 5.62. The lowest BCUT2D eigenvalue weighted by molar-refractivity contribution is 0.266. The van der Waals surface area contributed by atoms with Crippen molar-refractivity contribution in [2.24, 2.45) is 14.1 Å². The van der Waals surface area contributed by atoms with Gasteiger partial charge in [0.25, 0.3) is 0 Å². The lowest BCUT2D eigenvalue weighted by atomic mass is 9.88. The molecule has 6 aromatic heterocycles. The molecule has 8 aromatic rings. The summed E-state index contributed by atoms with van der Waals surface area (Å²) in [6.07, 6.45) is 2.87. The molecular formula is C38H38F4N14O2. The van der Waals surface area contributed by atoms with Crippen molar-refractivity contribution >= 4 is 11.3 Å². The van der Waals surface area contributed by atoms with Gasteiger partial charge in [0, 0.05) is 25.2 Å². The first-order chi connectivity index (χ1) is 27.5. The second kappa shape index (κ2) is 15.2. The number of nitrogens with zero attached hydrogens (tertiary/aromatic N) is 14. The number of fused-ring (bicyclic) bond motifs is 2. The number of hydrogen-bond donors (Lipinski definition) is 0. The molecule has 0 atom stereocenters. The van der Waals surface area contributed by atoms with Crippen molar-refractivity contribution in [3.05, 3.63) is 107 Å². The highest BCUT2D eigenvalue weighted by Crippen LogP contribution is 2.34. The highest BCUT2D eigenvalue weighted by atomic mass is 19.1. The molecule has 300 valence electrons. The van der Waals surface area contributed by atoms with Gasteiger partial charge in [0.05, 0.1) is 11.1 Å². The van der Waals surface area contributed by atoms with Gasteiger partial charge in [0.1, 0.15) is 49.1 Å². The number of benzene rings is 2. The average Bonchev–Trinajstić information content (AvgIpc) is 3.97. The van der Waals surface area contributed by atoms with Crippen molar-refractivity contribution in [2.45, 2.75) is 65.6 Å². The lowest BCUT2D eigenvalue weighted by Crippen LogP contribution is -2.17. The molecule has 0 bridgehead atoms. The quantitative estimate of drug-likeness (QED) is 0.161. The fourth-order valence-electron chi connectivity index (χ4n) is 5.76. The summed E-state index contributed by atoms with van der Waals surface area (Å²) in [6, 6.07) is 9.86. The fraction of sp³-hybridized carbons (Fsp3) is 0.316. The molecule has 6 heterocycles. The Labute approximate surface area is 328 Å². The maximum atomic E-state index is 14.3. The van der Waals surface area contributed by atoms with Gasteiger partial charge in [-0.2, -0.15) is 19.2 Å². The molecule has 0 spiro atoms. The Morgan fingerprint density at radius 3 is 1.29 bits per heavy atom. The van der Waals surface area contributed by atoms with E-state index in [0.717, 1.165) is 47.5 Å². The average molecular weight is 799 g/mol. The van der Waals surface area contributed by atoms with Crippen LogP contribution in [0.15, 0.2) is 61.2 Å². The zero-order valence-corrected chi connectivity index (χ0v) is 32.8. The molecule has 16 nitrogen and oxygen atoms in total. The van der Waals surface area contributed by atoms with E-state index in [0.29, 0.717) is 34.7 Å². The number of hydrogen-bond acceptors (Lipinski definition) is 12. The maximum absolute atomic E-state index is 14.3. The zero-order valence-electron chi connectivity index (χ0n) is 32.8. The number of aryl methyl sites for hydroxylation is 2. The van der Waals surface area contributed by atoms with Crippen LogP contribution in [0, 0.1) is 23.3 Å². The summed E-state index contributed by atoms with van der Waals surface area (Å²) in [5, 5.41) is 33.2. The van der Waals surface area contributed by atoms with Gasteiger partial charge in [-0.05, 0) is 59.4 Å². The molecule has 0 saturated heterocycles. The van der Waals surface area contributed by atoms with Crippen LogP contribution in [0.2, 0.25) is 0 Å². The molecule has 0 N–H and O–H groups in total. The lowest BCUT2D eigenvalue weighted by Gasteiger charge is -2.21. The Hall–Kier alpha value is -6.86.